The fourth-order valence-electron chi connectivity index (χ4n) is 1.83. The molecule has 0 saturated heterocycles. The molecule has 0 spiro atoms. The molecule has 1 aliphatic rings. The van der Waals surface area contributed by atoms with Crippen molar-refractivity contribution < 1.29 is 4.79 Å². The van der Waals surface area contributed by atoms with Gasteiger partial charge in [-0.2, -0.15) is 0 Å². The van der Waals surface area contributed by atoms with Crippen molar-refractivity contribution in [2.75, 3.05) is 11.9 Å². The average molecular weight is 262 g/mol. The molecule has 1 aromatic heterocycles. The maximum atomic E-state index is 12.0. The summed E-state index contributed by atoms with van der Waals surface area (Å²) in [5.41, 5.74) is 1.27. The number of carbonyl (C=O) groups is 1. The van der Waals surface area contributed by atoms with E-state index < -0.39 is 0 Å². The first-order chi connectivity index (χ1) is 9.19. The second-order valence-electron chi connectivity index (χ2n) is 5.10. The summed E-state index contributed by atoms with van der Waals surface area (Å²) in [6.45, 7) is 4.74. The number of anilines is 1. The van der Waals surface area contributed by atoms with Gasteiger partial charge in [-0.3, -0.25) is 4.79 Å². The van der Waals surface area contributed by atoms with Gasteiger partial charge in [0.1, 0.15) is 5.69 Å². The highest BCUT2D eigenvalue weighted by molar-refractivity contribution is 5.92. The zero-order chi connectivity index (χ0) is 13.7. The number of hydrogen-bond acceptors (Lipinski definition) is 4. The van der Waals surface area contributed by atoms with E-state index in [2.05, 4.69) is 27.5 Å². The highest BCUT2D eigenvalue weighted by atomic mass is 16.1. The van der Waals surface area contributed by atoms with Gasteiger partial charge >= 0.3 is 0 Å². The molecule has 0 unspecified atom stereocenters. The molecule has 5 nitrogen and oxygen atoms in total. The van der Waals surface area contributed by atoms with E-state index in [-0.39, 0.29) is 5.91 Å². The Morgan fingerprint density at radius 3 is 2.84 bits per heavy atom. The first-order valence-electron chi connectivity index (χ1n) is 7.09. The standard InChI is InChI=1S/C14H22N4O/c1-3-4-5-8-15-13(19)12-9-10(2)16-14(18-12)17-11-6-7-11/h9,11H,3-8H2,1-2H3,(H,15,19)(H,16,17,18). The summed E-state index contributed by atoms with van der Waals surface area (Å²) < 4.78 is 0. The molecule has 19 heavy (non-hydrogen) atoms. The molecule has 1 heterocycles. The Morgan fingerprint density at radius 2 is 2.16 bits per heavy atom. The first kappa shape index (κ1) is 13.8. The van der Waals surface area contributed by atoms with Crippen LogP contribution in [-0.4, -0.2) is 28.5 Å². The smallest absolute Gasteiger partial charge is 0.270 e. The van der Waals surface area contributed by atoms with Crippen LogP contribution in [0, 0.1) is 6.92 Å². The van der Waals surface area contributed by atoms with Crippen molar-refractivity contribution in [3.8, 4) is 0 Å². The number of unbranched alkanes of at least 4 members (excludes halogenated alkanes) is 2. The maximum Gasteiger partial charge on any atom is 0.270 e. The van der Waals surface area contributed by atoms with Gasteiger partial charge < -0.3 is 10.6 Å². The van der Waals surface area contributed by atoms with Crippen LogP contribution in [0.25, 0.3) is 0 Å². The van der Waals surface area contributed by atoms with E-state index in [1.54, 1.807) is 6.07 Å². The van der Waals surface area contributed by atoms with Gasteiger partial charge in [0, 0.05) is 18.3 Å². The van der Waals surface area contributed by atoms with Gasteiger partial charge in [-0.25, -0.2) is 9.97 Å². The van der Waals surface area contributed by atoms with E-state index in [1.165, 1.54) is 0 Å². The van der Waals surface area contributed by atoms with Crippen molar-refractivity contribution >= 4 is 11.9 Å². The van der Waals surface area contributed by atoms with E-state index in [4.69, 9.17) is 0 Å². The Labute approximate surface area is 114 Å². The molecule has 1 aromatic rings. The lowest BCUT2D eigenvalue weighted by Gasteiger charge is -2.08. The summed E-state index contributed by atoms with van der Waals surface area (Å²) in [5.74, 6) is 0.460. The summed E-state index contributed by atoms with van der Waals surface area (Å²) in [4.78, 5) is 20.6. The number of nitrogens with one attached hydrogen (secondary N) is 2. The Balaban J connectivity index is 1.93. The van der Waals surface area contributed by atoms with Crippen LogP contribution < -0.4 is 10.6 Å². The van der Waals surface area contributed by atoms with Crippen molar-refractivity contribution in [2.24, 2.45) is 0 Å². The SMILES string of the molecule is CCCCCNC(=O)c1cc(C)nc(NC2CC2)n1. The van der Waals surface area contributed by atoms with Crippen LogP contribution in [-0.2, 0) is 0 Å². The van der Waals surface area contributed by atoms with Crippen LogP contribution in [0.5, 0.6) is 0 Å². The fraction of sp³-hybridized carbons (Fsp3) is 0.643. The zero-order valence-corrected chi connectivity index (χ0v) is 11.7. The van der Waals surface area contributed by atoms with Crippen molar-refractivity contribution in [3.63, 3.8) is 0 Å². The van der Waals surface area contributed by atoms with Gasteiger partial charge in [0.25, 0.3) is 5.91 Å². The fourth-order valence-corrected chi connectivity index (χ4v) is 1.83. The predicted molar refractivity (Wildman–Crippen MR) is 75.3 cm³/mol. The molecule has 1 fully saturated rings. The van der Waals surface area contributed by atoms with Crippen molar-refractivity contribution in [3.05, 3.63) is 17.5 Å². The molecule has 2 N–H and O–H groups in total. The second kappa shape index (κ2) is 6.50. The predicted octanol–water partition coefficient (Wildman–Crippen LogP) is 2.28. The molecule has 104 valence electrons. The lowest BCUT2D eigenvalue weighted by molar-refractivity contribution is 0.0948. The molecule has 0 bridgehead atoms. The quantitative estimate of drug-likeness (QED) is 0.740. The topological polar surface area (TPSA) is 66.9 Å². The van der Waals surface area contributed by atoms with Crippen LogP contribution in [0.1, 0.15) is 55.2 Å². The number of amides is 1. The van der Waals surface area contributed by atoms with E-state index in [0.29, 0.717) is 24.2 Å². The monoisotopic (exact) mass is 262 g/mol. The van der Waals surface area contributed by atoms with E-state index >= 15 is 0 Å². The van der Waals surface area contributed by atoms with Gasteiger partial charge in [-0.15, -0.1) is 0 Å². The lowest BCUT2D eigenvalue weighted by Crippen LogP contribution is -2.26. The molecule has 0 radical (unpaired) electrons. The van der Waals surface area contributed by atoms with Crippen LogP contribution >= 0.6 is 0 Å². The third-order valence-electron chi connectivity index (χ3n) is 3.06. The molecule has 1 aliphatic carbocycles. The van der Waals surface area contributed by atoms with Crippen LogP contribution in [0.3, 0.4) is 0 Å². The lowest BCUT2D eigenvalue weighted by atomic mass is 10.2. The molecule has 0 atom stereocenters. The van der Waals surface area contributed by atoms with E-state index in [9.17, 15) is 4.79 Å². The normalized spacial score (nSPS) is 14.2. The minimum Gasteiger partial charge on any atom is -0.351 e. The first-order valence-corrected chi connectivity index (χ1v) is 7.09. The largest absolute Gasteiger partial charge is 0.351 e. The number of aryl methyl sites for hydroxylation is 1. The van der Waals surface area contributed by atoms with Gasteiger partial charge in [0.05, 0.1) is 0 Å². The van der Waals surface area contributed by atoms with E-state index in [0.717, 1.165) is 37.8 Å². The Hall–Kier alpha value is -1.65. The Kier molecular flexibility index (Phi) is 4.71. The Morgan fingerprint density at radius 1 is 1.37 bits per heavy atom. The summed E-state index contributed by atoms with van der Waals surface area (Å²) >= 11 is 0. The Bertz CT molecular complexity index is 443. The van der Waals surface area contributed by atoms with Crippen molar-refractivity contribution in [1.82, 2.24) is 15.3 Å². The molecule has 1 amide bonds. The van der Waals surface area contributed by atoms with Crippen LogP contribution in [0.2, 0.25) is 0 Å². The molecule has 1 saturated carbocycles. The molecular weight excluding hydrogens is 240 g/mol. The highest BCUT2D eigenvalue weighted by Crippen LogP contribution is 2.23. The minimum atomic E-state index is -0.111. The summed E-state index contributed by atoms with van der Waals surface area (Å²) in [6.07, 6.45) is 5.63. The summed E-state index contributed by atoms with van der Waals surface area (Å²) in [7, 11) is 0. The molecule has 0 aromatic carbocycles. The van der Waals surface area contributed by atoms with Gasteiger partial charge in [0.15, 0.2) is 0 Å². The summed E-state index contributed by atoms with van der Waals surface area (Å²) in [5, 5.41) is 6.13. The number of rotatable bonds is 7. The minimum absolute atomic E-state index is 0.111. The van der Waals surface area contributed by atoms with Gasteiger partial charge in [0.2, 0.25) is 5.95 Å². The number of nitrogens with zero attached hydrogens (tertiary/aromatic N) is 2. The number of hydrogen-bond donors (Lipinski definition) is 2. The molecule has 0 aliphatic heterocycles. The summed E-state index contributed by atoms with van der Waals surface area (Å²) in [6, 6.07) is 2.22. The van der Waals surface area contributed by atoms with Crippen LogP contribution in [0.4, 0.5) is 5.95 Å². The van der Waals surface area contributed by atoms with E-state index in [1.807, 2.05) is 6.92 Å². The van der Waals surface area contributed by atoms with Crippen molar-refractivity contribution in [2.45, 2.75) is 52.0 Å². The van der Waals surface area contributed by atoms with Gasteiger partial charge in [-0.05, 0) is 32.3 Å². The maximum absolute atomic E-state index is 12.0. The molecule has 5 heteroatoms. The van der Waals surface area contributed by atoms with Gasteiger partial charge in [-0.1, -0.05) is 19.8 Å². The third kappa shape index (κ3) is 4.50. The molecule has 2 rings (SSSR count). The average Bonchev–Trinajstić information content (AvgIpc) is 3.17. The van der Waals surface area contributed by atoms with Crippen LogP contribution in [0.15, 0.2) is 6.07 Å². The third-order valence-corrected chi connectivity index (χ3v) is 3.06. The highest BCUT2D eigenvalue weighted by Gasteiger charge is 2.22. The molecular formula is C14H22N4O. The number of carbonyl (C=O) groups excluding carboxylic acids is 1. The zero-order valence-electron chi connectivity index (χ0n) is 11.7. The second-order valence-corrected chi connectivity index (χ2v) is 5.10. The number of aromatic nitrogens is 2. The van der Waals surface area contributed by atoms with Crippen molar-refractivity contribution in [1.29, 1.82) is 0 Å².